The molecule has 0 saturated carbocycles. The lowest BCUT2D eigenvalue weighted by atomic mass is 10.1. The van der Waals surface area contributed by atoms with Crippen molar-refractivity contribution in [2.45, 2.75) is 71.6 Å². The Hall–Kier alpha value is -2.15. The molecule has 26 heavy (non-hydrogen) atoms. The molecule has 2 aromatic heterocycles. The quantitative estimate of drug-likeness (QED) is 0.888. The smallest absolute Gasteiger partial charge is 0.276 e. The number of nitrogens with one attached hydrogen (secondary N) is 1. The molecule has 7 heteroatoms. The van der Waals surface area contributed by atoms with E-state index in [4.69, 9.17) is 4.74 Å². The monoisotopic (exact) mass is 359 g/mol. The Balaban J connectivity index is 1.71. The molecule has 1 fully saturated rings. The van der Waals surface area contributed by atoms with E-state index in [1.165, 1.54) is 0 Å². The van der Waals surface area contributed by atoms with Crippen LogP contribution in [0.4, 0.5) is 5.69 Å². The summed E-state index contributed by atoms with van der Waals surface area (Å²) in [4.78, 5) is 12.6. The van der Waals surface area contributed by atoms with Crippen LogP contribution in [-0.2, 0) is 16.8 Å². The fourth-order valence-corrected chi connectivity index (χ4v) is 3.18. The number of anilines is 1. The normalized spacial score (nSPS) is 17.8. The zero-order valence-corrected chi connectivity index (χ0v) is 16.3. The van der Waals surface area contributed by atoms with Gasteiger partial charge in [0.2, 0.25) is 0 Å². The highest BCUT2D eigenvalue weighted by molar-refractivity contribution is 6.02. The van der Waals surface area contributed by atoms with Crippen molar-refractivity contribution in [1.82, 2.24) is 19.6 Å². The maximum absolute atomic E-state index is 12.6. The Bertz CT molecular complexity index is 763. The van der Waals surface area contributed by atoms with Gasteiger partial charge < -0.3 is 10.1 Å². The van der Waals surface area contributed by atoms with Gasteiger partial charge in [0.15, 0.2) is 5.69 Å². The summed E-state index contributed by atoms with van der Waals surface area (Å²) in [7, 11) is 0. The number of carbonyl (C=O) groups excluding carboxylic acids is 1. The summed E-state index contributed by atoms with van der Waals surface area (Å²) < 4.78 is 9.38. The first-order valence-corrected chi connectivity index (χ1v) is 9.30. The van der Waals surface area contributed by atoms with Crippen molar-refractivity contribution in [3.63, 3.8) is 0 Å². The van der Waals surface area contributed by atoms with E-state index >= 15 is 0 Å². The van der Waals surface area contributed by atoms with E-state index in [2.05, 4.69) is 50.1 Å². The maximum Gasteiger partial charge on any atom is 0.276 e. The number of amides is 1. The molecule has 3 rings (SSSR count). The minimum Gasteiger partial charge on any atom is -0.376 e. The van der Waals surface area contributed by atoms with Crippen LogP contribution in [-0.4, -0.2) is 38.2 Å². The number of carbonyl (C=O) groups is 1. The molecule has 1 aliphatic heterocycles. The number of rotatable bonds is 5. The van der Waals surface area contributed by atoms with Crippen LogP contribution in [0.3, 0.4) is 0 Å². The number of hydrogen-bond acceptors (Lipinski definition) is 4. The molecule has 2 aromatic rings. The van der Waals surface area contributed by atoms with Crippen molar-refractivity contribution < 1.29 is 9.53 Å². The van der Waals surface area contributed by atoms with Crippen LogP contribution in [0.5, 0.6) is 0 Å². The number of nitrogens with zero attached hydrogens (tertiary/aromatic N) is 4. The summed E-state index contributed by atoms with van der Waals surface area (Å²) in [5, 5.41) is 11.8. The van der Waals surface area contributed by atoms with E-state index < -0.39 is 0 Å². The van der Waals surface area contributed by atoms with E-state index in [-0.39, 0.29) is 23.5 Å². The average molecular weight is 359 g/mol. The zero-order chi connectivity index (χ0) is 18.9. The predicted molar refractivity (Wildman–Crippen MR) is 100 cm³/mol. The Kier molecular flexibility index (Phi) is 5.18. The average Bonchev–Trinajstić information content (AvgIpc) is 3.26. The molecule has 0 bridgehead atoms. The van der Waals surface area contributed by atoms with Crippen LogP contribution in [0.15, 0.2) is 18.5 Å². The highest BCUT2D eigenvalue weighted by atomic mass is 16.5. The molecule has 1 aliphatic rings. The Morgan fingerprint density at radius 2 is 2.19 bits per heavy atom. The van der Waals surface area contributed by atoms with Gasteiger partial charge in [-0.3, -0.25) is 14.2 Å². The van der Waals surface area contributed by atoms with Crippen LogP contribution in [0, 0.1) is 0 Å². The summed E-state index contributed by atoms with van der Waals surface area (Å²) >= 11 is 0. The van der Waals surface area contributed by atoms with E-state index in [0.717, 1.165) is 25.1 Å². The van der Waals surface area contributed by atoms with Gasteiger partial charge in [0.05, 0.1) is 30.1 Å². The fourth-order valence-electron chi connectivity index (χ4n) is 3.18. The molecule has 3 heterocycles. The second-order valence-electron chi connectivity index (χ2n) is 8.23. The molecular formula is C19H29N5O2. The highest BCUT2D eigenvalue weighted by Crippen LogP contribution is 2.24. The van der Waals surface area contributed by atoms with Gasteiger partial charge in [-0.2, -0.15) is 10.2 Å². The van der Waals surface area contributed by atoms with Crippen LogP contribution in [0.1, 0.15) is 69.6 Å². The van der Waals surface area contributed by atoms with Gasteiger partial charge in [-0.1, -0.05) is 13.8 Å². The van der Waals surface area contributed by atoms with Crippen molar-refractivity contribution in [3.8, 4) is 0 Å². The van der Waals surface area contributed by atoms with E-state index in [1.54, 1.807) is 6.20 Å². The van der Waals surface area contributed by atoms with Crippen molar-refractivity contribution in [3.05, 3.63) is 29.8 Å². The largest absolute Gasteiger partial charge is 0.376 e. The van der Waals surface area contributed by atoms with Gasteiger partial charge in [-0.15, -0.1) is 0 Å². The Morgan fingerprint density at radius 3 is 2.77 bits per heavy atom. The molecule has 0 aliphatic carbocycles. The molecule has 1 N–H and O–H groups in total. The SMILES string of the molecule is CC(C)c1cc(C(=O)Nc2cnn(C[C@@H]3CCCO3)c2)nn1C(C)(C)C. The topological polar surface area (TPSA) is 74.0 Å². The van der Waals surface area contributed by atoms with E-state index in [0.29, 0.717) is 17.9 Å². The first kappa shape index (κ1) is 18.6. The molecule has 0 spiro atoms. The van der Waals surface area contributed by atoms with Crippen molar-refractivity contribution >= 4 is 11.6 Å². The first-order valence-electron chi connectivity index (χ1n) is 9.30. The summed E-state index contributed by atoms with van der Waals surface area (Å²) in [6.45, 7) is 12.0. The predicted octanol–water partition coefficient (Wildman–Crippen LogP) is 3.39. The van der Waals surface area contributed by atoms with Crippen LogP contribution >= 0.6 is 0 Å². The molecule has 7 nitrogen and oxygen atoms in total. The van der Waals surface area contributed by atoms with Crippen molar-refractivity contribution in [1.29, 1.82) is 0 Å². The molecule has 142 valence electrons. The molecular weight excluding hydrogens is 330 g/mol. The number of aromatic nitrogens is 4. The standard InChI is InChI=1S/C19H29N5O2/c1-13(2)17-9-16(22-24(17)19(3,4)5)18(25)21-14-10-20-23(11-14)12-15-7-6-8-26-15/h9-11,13,15H,6-8,12H2,1-5H3,(H,21,25)/t15-/m0/s1. The number of hydrogen-bond donors (Lipinski definition) is 1. The third-order valence-electron chi connectivity index (χ3n) is 4.50. The van der Waals surface area contributed by atoms with Gasteiger partial charge in [0, 0.05) is 18.5 Å². The van der Waals surface area contributed by atoms with Gasteiger partial charge in [0.1, 0.15) is 0 Å². The molecule has 0 unspecified atom stereocenters. The minimum absolute atomic E-state index is 0.176. The molecule has 1 amide bonds. The summed E-state index contributed by atoms with van der Waals surface area (Å²) in [6, 6.07) is 1.88. The third-order valence-corrected chi connectivity index (χ3v) is 4.50. The second-order valence-corrected chi connectivity index (χ2v) is 8.23. The first-order chi connectivity index (χ1) is 12.2. The maximum atomic E-state index is 12.6. The van der Waals surface area contributed by atoms with Gasteiger partial charge >= 0.3 is 0 Å². The van der Waals surface area contributed by atoms with Crippen LogP contribution in [0.25, 0.3) is 0 Å². The lowest BCUT2D eigenvalue weighted by Gasteiger charge is -2.23. The van der Waals surface area contributed by atoms with Crippen LogP contribution in [0.2, 0.25) is 0 Å². The molecule has 1 atom stereocenters. The Labute approximate surface area is 154 Å². The minimum atomic E-state index is -0.216. The summed E-state index contributed by atoms with van der Waals surface area (Å²) in [5.41, 5.74) is 1.97. The van der Waals surface area contributed by atoms with Crippen molar-refractivity contribution in [2.24, 2.45) is 0 Å². The Morgan fingerprint density at radius 1 is 1.42 bits per heavy atom. The molecule has 0 radical (unpaired) electrons. The van der Waals surface area contributed by atoms with E-state index in [9.17, 15) is 4.79 Å². The van der Waals surface area contributed by atoms with Gasteiger partial charge in [-0.25, -0.2) is 0 Å². The summed E-state index contributed by atoms with van der Waals surface area (Å²) in [5.74, 6) is 0.0732. The fraction of sp³-hybridized carbons (Fsp3) is 0.632. The van der Waals surface area contributed by atoms with Crippen LogP contribution < -0.4 is 5.32 Å². The lowest BCUT2D eigenvalue weighted by molar-refractivity contribution is 0.0940. The lowest BCUT2D eigenvalue weighted by Crippen LogP contribution is -2.26. The molecule has 1 saturated heterocycles. The highest BCUT2D eigenvalue weighted by Gasteiger charge is 2.24. The molecule has 0 aromatic carbocycles. The van der Waals surface area contributed by atoms with Gasteiger partial charge in [-0.05, 0) is 45.6 Å². The van der Waals surface area contributed by atoms with E-state index in [1.807, 2.05) is 21.6 Å². The van der Waals surface area contributed by atoms with Gasteiger partial charge in [0.25, 0.3) is 5.91 Å². The van der Waals surface area contributed by atoms with Crippen molar-refractivity contribution in [2.75, 3.05) is 11.9 Å². The number of ether oxygens (including phenoxy) is 1. The zero-order valence-electron chi connectivity index (χ0n) is 16.3. The summed E-state index contributed by atoms with van der Waals surface area (Å²) in [6.07, 6.45) is 5.88. The second kappa shape index (κ2) is 7.23. The third kappa shape index (κ3) is 4.15.